The van der Waals surface area contributed by atoms with Gasteiger partial charge in [0.25, 0.3) is 5.91 Å². The fourth-order valence-corrected chi connectivity index (χ4v) is 6.61. The van der Waals surface area contributed by atoms with E-state index in [9.17, 15) is 14.0 Å². The molecule has 2 aromatic carbocycles. The molecule has 3 heterocycles. The molecule has 0 bridgehead atoms. The van der Waals surface area contributed by atoms with Crippen LogP contribution in [0, 0.1) is 12.7 Å². The van der Waals surface area contributed by atoms with E-state index in [1.807, 2.05) is 40.7 Å². The van der Waals surface area contributed by atoms with Crippen molar-refractivity contribution in [1.82, 2.24) is 9.47 Å². The van der Waals surface area contributed by atoms with Gasteiger partial charge in [0.05, 0.1) is 5.69 Å². The Kier molecular flexibility index (Phi) is 6.54. The topological polar surface area (TPSA) is 42.3 Å². The van der Waals surface area contributed by atoms with Gasteiger partial charge in [0.15, 0.2) is 5.43 Å². The van der Waals surface area contributed by atoms with Gasteiger partial charge in [-0.05, 0) is 44.0 Å². The van der Waals surface area contributed by atoms with Gasteiger partial charge in [0, 0.05) is 57.7 Å². The van der Waals surface area contributed by atoms with Crippen molar-refractivity contribution in [3.05, 3.63) is 92.1 Å². The SMILES string of the molecule is Cc1cc(=O)c(C(=O)N2CCCCCC2)c2n1-c1ccc(Cl)cc1S[C@H](c1ccccc1F)C2. The average molecular weight is 497 g/mol. The first kappa shape index (κ1) is 23.2. The Balaban J connectivity index is 1.73. The first-order valence-corrected chi connectivity index (χ1v) is 13.0. The number of hydrogen-bond acceptors (Lipinski definition) is 3. The molecule has 2 aliphatic heterocycles. The fraction of sp³-hybridized carbons (Fsp3) is 0.333. The lowest BCUT2D eigenvalue weighted by atomic mass is 10.0. The molecule has 0 radical (unpaired) electrons. The summed E-state index contributed by atoms with van der Waals surface area (Å²) in [5, 5.41) is 0.269. The Morgan fingerprint density at radius 3 is 2.53 bits per heavy atom. The highest BCUT2D eigenvalue weighted by Crippen LogP contribution is 2.45. The van der Waals surface area contributed by atoms with E-state index < -0.39 is 0 Å². The first-order valence-electron chi connectivity index (χ1n) is 11.7. The van der Waals surface area contributed by atoms with E-state index in [0.717, 1.165) is 42.0 Å². The lowest BCUT2D eigenvalue weighted by molar-refractivity contribution is 0.0758. The van der Waals surface area contributed by atoms with Crippen LogP contribution < -0.4 is 5.43 Å². The van der Waals surface area contributed by atoms with Gasteiger partial charge in [-0.15, -0.1) is 11.8 Å². The number of nitrogens with zero attached hydrogens (tertiary/aromatic N) is 2. The number of carbonyl (C=O) groups excluding carboxylic acids is 1. The molecule has 1 fully saturated rings. The zero-order valence-corrected chi connectivity index (χ0v) is 20.6. The molecule has 1 aromatic heterocycles. The van der Waals surface area contributed by atoms with Crippen molar-refractivity contribution in [1.29, 1.82) is 0 Å². The Labute approximate surface area is 207 Å². The third-order valence-electron chi connectivity index (χ3n) is 6.67. The molecule has 0 N–H and O–H groups in total. The van der Waals surface area contributed by atoms with Crippen molar-refractivity contribution in [3.8, 4) is 5.69 Å². The number of amides is 1. The molecule has 2 aliphatic rings. The second-order valence-electron chi connectivity index (χ2n) is 8.96. The Morgan fingerprint density at radius 1 is 1.06 bits per heavy atom. The van der Waals surface area contributed by atoms with Gasteiger partial charge in [0.2, 0.25) is 0 Å². The van der Waals surface area contributed by atoms with Crippen molar-refractivity contribution in [2.45, 2.75) is 49.2 Å². The maximum absolute atomic E-state index is 14.9. The number of likely N-dealkylation sites (tertiary alicyclic amines) is 1. The molecule has 0 saturated carbocycles. The molecule has 0 unspecified atom stereocenters. The summed E-state index contributed by atoms with van der Waals surface area (Å²) in [6.45, 7) is 3.18. The minimum atomic E-state index is -0.316. The molecule has 176 valence electrons. The van der Waals surface area contributed by atoms with Crippen molar-refractivity contribution in [3.63, 3.8) is 0 Å². The molecule has 0 aliphatic carbocycles. The van der Waals surface area contributed by atoms with Crippen molar-refractivity contribution in [2.24, 2.45) is 0 Å². The summed E-state index contributed by atoms with van der Waals surface area (Å²) in [6.07, 6.45) is 4.42. The second-order valence-corrected chi connectivity index (χ2v) is 10.6. The second kappa shape index (κ2) is 9.59. The molecule has 5 rings (SSSR count). The summed E-state index contributed by atoms with van der Waals surface area (Å²) in [6, 6.07) is 13.8. The van der Waals surface area contributed by atoms with Gasteiger partial charge in [-0.25, -0.2) is 4.39 Å². The summed E-state index contributed by atoms with van der Waals surface area (Å²) < 4.78 is 16.9. The largest absolute Gasteiger partial charge is 0.338 e. The van der Waals surface area contributed by atoms with Crippen LogP contribution in [-0.2, 0) is 6.42 Å². The van der Waals surface area contributed by atoms with Crippen molar-refractivity contribution in [2.75, 3.05) is 13.1 Å². The quantitative estimate of drug-likeness (QED) is 0.415. The number of fused-ring (bicyclic) bond motifs is 3. The summed E-state index contributed by atoms with van der Waals surface area (Å²) in [7, 11) is 0. The third kappa shape index (κ3) is 4.29. The van der Waals surface area contributed by atoms with E-state index >= 15 is 0 Å². The van der Waals surface area contributed by atoms with Gasteiger partial charge in [-0.3, -0.25) is 9.59 Å². The lowest BCUT2D eigenvalue weighted by Crippen LogP contribution is -2.37. The van der Waals surface area contributed by atoms with Crippen LogP contribution in [0.5, 0.6) is 0 Å². The normalized spacial score (nSPS) is 18.0. The standard InChI is InChI=1S/C27H26ClFN2O2S/c1-17-14-23(32)26(27(33)30-12-6-2-3-7-13-30)22-16-24(19-8-4-5-9-20(19)29)34-25-15-18(28)10-11-21(25)31(17)22/h4-5,8-11,14-15,24H,2-3,6-7,12-13,16H2,1H3/t24-/m0/s1. The molecule has 1 atom stereocenters. The van der Waals surface area contributed by atoms with Gasteiger partial charge in [-0.2, -0.15) is 0 Å². The number of halogens is 2. The van der Waals surface area contributed by atoms with Crippen LogP contribution in [0.15, 0.2) is 58.2 Å². The maximum atomic E-state index is 14.9. The van der Waals surface area contributed by atoms with Crippen molar-refractivity contribution < 1.29 is 9.18 Å². The summed E-state index contributed by atoms with van der Waals surface area (Å²) in [5.74, 6) is -0.516. The summed E-state index contributed by atoms with van der Waals surface area (Å²) in [4.78, 5) is 29.8. The molecule has 0 spiro atoms. The van der Waals surface area contributed by atoms with E-state index in [0.29, 0.717) is 35.8 Å². The van der Waals surface area contributed by atoms with E-state index in [4.69, 9.17) is 11.6 Å². The van der Waals surface area contributed by atoms with E-state index in [-0.39, 0.29) is 28.0 Å². The van der Waals surface area contributed by atoms with Gasteiger partial charge in [-0.1, -0.05) is 42.6 Å². The van der Waals surface area contributed by atoms with Gasteiger partial charge >= 0.3 is 0 Å². The molecular weight excluding hydrogens is 471 g/mol. The molecular formula is C27H26ClFN2O2S. The molecule has 4 nitrogen and oxygen atoms in total. The number of carbonyl (C=O) groups is 1. The summed E-state index contributed by atoms with van der Waals surface area (Å²) >= 11 is 7.86. The van der Waals surface area contributed by atoms with Crippen LogP contribution in [0.25, 0.3) is 5.69 Å². The van der Waals surface area contributed by atoms with Crippen molar-refractivity contribution >= 4 is 29.3 Å². The van der Waals surface area contributed by atoms with Crippen LogP contribution in [0.4, 0.5) is 4.39 Å². The number of pyridine rings is 1. The highest BCUT2D eigenvalue weighted by atomic mass is 35.5. The van der Waals surface area contributed by atoms with Crippen LogP contribution in [0.1, 0.15) is 58.2 Å². The Morgan fingerprint density at radius 2 is 1.79 bits per heavy atom. The predicted octanol–water partition coefficient (Wildman–Crippen LogP) is 6.34. The number of rotatable bonds is 2. The van der Waals surface area contributed by atoms with E-state index in [1.54, 1.807) is 18.2 Å². The van der Waals surface area contributed by atoms with E-state index in [1.165, 1.54) is 17.8 Å². The number of benzene rings is 2. The molecule has 1 amide bonds. The van der Waals surface area contributed by atoms with Gasteiger partial charge in [0.1, 0.15) is 11.4 Å². The van der Waals surface area contributed by atoms with E-state index in [2.05, 4.69) is 0 Å². The first-order chi connectivity index (χ1) is 16.4. The Hall–Kier alpha value is -2.57. The average Bonchev–Trinajstić information content (AvgIpc) is 3.17. The number of aryl methyl sites for hydroxylation is 1. The van der Waals surface area contributed by atoms with Crippen LogP contribution in [-0.4, -0.2) is 28.5 Å². The monoisotopic (exact) mass is 496 g/mol. The molecule has 7 heteroatoms. The summed E-state index contributed by atoms with van der Waals surface area (Å²) in [5.41, 5.74) is 2.72. The van der Waals surface area contributed by atoms with Gasteiger partial charge < -0.3 is 9.47 Å². The highest BCUT2D eigenvalue weighted by molar-refractivity contribution is 7.99. The van der Waals surface area contributed by atoms with Crippen LogP contribution in [0.3, 0.4) is 0 Å². The number of hydrogen-bond donors (Lipinski definition) is 0. The Bertz CT molecular complexity index is 1310. The van der Waals surface area contributed by atoms with Crippen LogP contribution >= 0.6 is 23.4 Å². The maximum Gasteiger partial charge on any atom is 0.259 e. The van der Waals surface area contributed by atoms with Crippen LogP contribution in [0.2, 0.25) is 5.02 Å². The highest BCUT2D eigenvalue weighted by Gasteiger charge is 2.32. The molecule has 1 saturated heterocycles. The number of aromatic nitrogens is 1. The molecule has 3 aromatic rings. The zero-order chi connectivity index (χ0) is 23.8. The minimum absolute atomic E-state index is 0.206. The predicted molar refractivity (Wildman–Crippen MR) is 135 cm³/mol. The fourth-order valence-electron chi connectivity index (χ4n) is 5.03. The molecule has 34 heavy (non-hydrogen) atoms. The number of thioether (sulfide) groups is 1. The lowest BCUT2D eigenvalue weighted by Gasteiger charge is -2.24. The minimum Gasteiger partial charge on any atom is -0.338 e. The third-order valence-corrected chi connectivity index (χ3v) is 8.19. The zero-order valence-electron chi connectivity index (χ0n) is 19.0. The smallest absolute Gasteiger partial charge is 0.259 e.